The third-order valence-corrected chi connectivity index (χ3v) is 6.26. The van der Waals surface area contributed by atoms with Crippen LogP contribution in [0.2, 0.25) is 5.02 Å². The summed E-state index contributed by atoms with van der Waals surface area (Å²) >= 11 is 6.00. The van der Waals surface area contributed by atoms with Gasteiger partial charge in [0.1, 0.15) is 4.90 Å². The third-order valence-electron chi connectivity index (χ3n) is 4.02. The summed E-state index contributed by atoms with van der Waals surface area (Å²) in [6.07, 6.45) is 3.32. The molecule has 9 nitrogen and oxygen atoms in total. The second kappa shape index (κ2) is 6.21. The molecule has 25 heavy (non-hydrogen) atoms. The van der Waals surface area contributed by atoms with Gasteiger partial charge in [-0.3, -0.25) is 0 Å². The van der Waals surface area contributed by atoms with Crippen molar-refractivity contribution in [3.05, 3.63) is 35.6 Å². The first-order valence-electron chi connectivity index (χ1n) is 7.50. The summed E-state index contributed by atoms with van der Waals surface area (Å²) in [5.74, 6) is 0.592. The molecule has 3 heterocycles. The van der Waals surface area contributed by atoms with Crippen molar-refractivity contribution in [2.45, 2.75) is 4.90 Å². The normalized spacial score (nSPS) is 16.4. The van der Waals surface area contributed by atoms with Crippen LogP contribution >= 0.6 is 11.6 Å². The number of hydrogen-bond acceptors (Lipinski definition) is 8. The van der Waals surface area contributed by atoms with Crippen molar-refractivity contribution >= 4 is 38.6 Å². The summed E-state index contributed by atoms with van der Waals surface area (Å²) in [5, 5.41) is 7.65. The molecule has 3 aromatic rings. The van der Waals surface area contributed by atoms with Gasteiger partial charge in [0, 0.05) is 38.6 Å². The quantitative estimate of drug-likeness (QED) is 0.666. The minimum absolute atomic E-state index is 0.0394. The first-order chi connectivity index (χ1) is 12.1. The van der Waals surface area contributed by atoms with E-state index in [2.05, 4.69) is 24.9 Å². The number of aromatic nitrogens is 4. The van der Waals surface area contributed by atoms with Crippen LogP contribution in [0.4, 0.5) is 5.95 Å². The molecule has 1 aliphatic rings. The average molecular weight is 381 g/mol. The second-order valence-electron chi connectivity index (χ2n) is 5.45. The highest BCUT2D eigenvalue weighted by Crippen LogP contribution is 2.29. The van der Waals surface area contributed by atoms with E-state index in [1.807, 2.05) is 4.90 Å². The van der Waals surface area contributed by atoms with Gasteiger partial charge in [-0.25, -0.2) is 23.0 Å². The van der Waals surface area contributed by atoms with Gasteiger partial charge in [-0.1, -0.05) is 11.6 Å². The van der Waals surface area contributed by atoms with E-state index in [1.165, 1.54) is 16.4 Å². The van der Waals surface area contributed by atoms with Crippen LogP contribution in [0.5, 0.6) is 0 Å². The number of hydrogen-bond donors (Lipinski definition) is 0. The maximum absolute atomic E-state index is 13.0. The maximum atomic E-state index is 13.0. The van der Waals surface area contributed by atoms with E-state index < -0.39 is 10.0 Å². The Morgan fingerprint density at radius 2 is 1.68 bits per heavy atom. The number of benzene rings is 1. The fraction of sp³-hybridized carbons (Fsp3) is 0.286. The zero-order valence-corrected chi connectivity index (χ0v) is 14.5. The molecule has 4 rings (SSSR count). The Hall–Kier alpha value is -2.30. The lowest BCUT2D eigenvalue weighted by atomic mass is 10.3. The monoisotopic (exact) mass is 380 g/mol. The Morgan fingerprint density at radius 3 is 2.40 bits per heavy atom. The number of nitrogens with zero attached hydrogens (tertiary/aromatic N) is 6. The van der Waals surface area contributed by atoms with Crippen molar-refractivity contribution in [2.24, 2.45) is 0 Å². The van der Waals surface area contributed by atoms with Crippen LogP contribution in [0.15, 0.2) is 40.1 Å². The zero-order valence-electron chi connectivity index (χ0n) is 12.9. The molecular weight excluding hydrogens is 368 g/mol. The van der Waals surface area contributed by atoms with Crippen LogP contribution in [0.3, 0.4) is 0 Å². The number of fused-ring (bicyclic) bond motifs is 1. The summed E-state index contributed by atoms with van der Waals surface area (Å²) in [7, 11) is -3.74. The van der Waals surface area contributed by atoms with E-state index in [1.54, 1.807) is 18.5 Å². The highest BCUT2D eigenvalue weighted by molar-refractivity contribution is 7.89. The lowest BCUT2D eigenvalue weighted by Gasteiger charge is -2.33. The average Bonchev–Trinajstić information content (AvgIpc) is 3.13. The summed E-state index contributed by atoms with van der Waals surface area (Å²) in [6, 6.07) is 4.65. The molecule has 0 N–H and O–H groups in total. The van der Waals surface area contributed by atoms with Gasteiger partial charge in [-0.15, -0.1) is 0 Å². The van der Waals surface area contributed by atoms with Crippen molar-refractivity contribution < 1.29 is 13.0 Å². The van der Waals surface area contributed by atoms with E-state index in [9.17, 15) is 8.42 Å². The molecule has 0 bridgehead atoms. The smallest absolute Gasteiger partial charge is 0.245 e. The zero-order chi connectivity index (χ0) is 17.4. The number of rotatable bonds is 3. The predicted molar refractivity (Wildman–Crippen MR) is 89.8 cm³/mol. The summed E-state index contributed by atoms with van der Waals surface area (Å²) in [4.78, 5) is 10.4. The molecule has 11 heteroatoms. The minimum atomic E-state index is -3.74. The number of sulfonamides is 1. The Kier molecular flexibility index (Phi) is 4.02. The van der Waals surface area contributed by atoms with Crippen LogP contribution in [0.1, 0.15) is 0 Å². The van der Waals surface area contributed by atoms with Crippen LogP contribution in [-0.2, 0) is 10.0 Å². The Labute approximate surface area is 148 Å². The molecule has 0 atom stereocenters. The minimum Gasteiger partial charge on any atom is -0.338 e. The first-order valence-corrected chi connectivity index (χ1v) is 9.32. The molecule has 1 saturated heterocycles. The fourth-order valence-electron chi connectivity index (χ4n) is 2.74. The molecule has 0 spiro atoms. The van der Waals surface area contributed by atoms with Gasteiger partial charge < -0.3 is 4.90 Å². The maximum Gasteiger partial charge on any atom is 0.245 e. The van der Waals surface area contributed by atoms with Gasteiger partial charge in [0.2, 0.25) is 16.0 Å². The van der Waals surface area contributed by atoms with Crippen LogP contribution in [-0.4, -0.2) is 59.2 Å². The third kappa shape index (κ3) is 2.81. The van der Waals surface area contributed by atoms with Crippen molar-refractivity contribution in [2.75, 3.05) is 31.1 Å². The molecule has 130 valence electrons. The topological polar surface area (TPSA) is 105 Å². The number of anilines is 1. The Morgan fingerprint density at radius 1 is 1.00 bits per heavy atom. The summed E-state index contributed by atoms with van der Waals surface area (Å²) in [6.45, 7) is 1.63. The Bertz CT molecular complexity index is 1000. The van der Waals surface area contributed by atoms with Crippen LogP contribution in [0, 0.1) is 0 Å². The van der Waals surface area contributed by atoms with Crippen molar-refractivity contribution in [3.63, 3.8) is 0 Å². The molecule has 0 radical (unpaired) electrons. The highest BCUT2D eigenvalue weighted by Gasteiger charge is 2.32. The van der Waals surface area contributed by atoms with E-state index in [0.29, 0.717) is 37.1 Å². The fourth-order valence-corrected chi connectivity index (χ4v) is 4.47. The number of piperazine rings is 1. The van der Waals surface area contributed by atoms with E-state index in [4.69, 9.17) is 11.6 Å². The van der Waals surface area contributed by atoms with Gasteiger partial charge in [0.05, 0.1) is 5.02 Å². The van der Waals surface area contributed by atoms with E-state index in [-0.39, 0.29) is 15.9 Å². The van der Waals surface area contributed by atoms with Crippen molar-refractivity contribution in [1.82, 2.24) is 24.6 Å². The summed E-state index contributed by atoms with van der Waals surface area (Å²) in [5.41, 5.74) is 0.375. The molecule has 0 aliphatic carbocycles. The lowest BCUT2D eigenvalue weighted by Crippen LogP contribution is -2.49. The molecule has 2 aromatic heterocycles. The lowest BCUT2D eigenvalue weighted by molar-refractivity contribution is 0.315. The van der Waals surface area contributed by atoms with Gasteiger partial charge in [-0.2, -0.15) is 4.31 Å². The summed E-state index contributed by atoms with van der Waals surface area (Å²) < 4.78 is 32.0. The van der Waals surface area contributed by atoms with Gasteiger partial charge in [0.25, 0.3) is 0 Å². The molecule has 0 unspecified atom stereocenters. The van der Waals surface area contributed by atoms with Crippen molar-refractivity contribution in [1.29, 1.82) is 0 Å². The molecular formula is C14H13ClN6O3S. The van der Waals surface area contributed by atoms with Gasteiger partial charge >= 0.3 is 0 Å². The van der Waals surface area contributed by atoms with Gasteiger partial charge in [-0.05, 0) is 28.5 Å². The van der Waals surface area contributed by atoms with E-state index >= 15 is 0 Å². The number of halogens is 1. The molecule has 1 aliphatic heterocycles. The first kappa shape index (κ1) is 16.2. The van der Waals surface area contributed by atoms with Crippen LogP contribution < -0.4 is 4.90 Å². The van der Waals surface area contributed by atoms with Gasteiger partial charge in [0.15, 0.2) is 11.0 Å². The van der Waals surface area contributed by atoms with Crippen LogP contribution in [0.25, 0.3) is 11.0 Å². The largest absolute Gasteiger partial charge is 0.338 e. The standard InChI is InChI=1S/C14H13ClN6O3S/c15-10-2-3-11(13-12(10)18-24-19-13)25(22,23)21-8-6-20(7-9-21)14-16-4-1-5-17-14/h1-5H,6-9H2. The molecule has 0 amide bonds. The second-order valence-corrected chi connectivity index (χ2v) is 7.76. The highest BCUT2D eigenvalue weighted by atomic mass is 35.5. The molecule has 0 saturated carbocycles. The van der Waals surface area contributed by atoms with Crippen molar-refractivity contribution in [3.8, 4) is 0 Å². The Balaban J connectivity index is 1.59. The SMILES string of the molecule is O=S(=O)(c1ccc(Cl)c2nonc12)N1CCN(c2ncccn2)CC1. The molecule has 1 fully saturated rings. The molecule has 1 aromatic carbocycles. The predicted octanol–water partition coefficient (Wildman–Crippen LogP) is 1.18. The van der Waals surface area contributed by atoms with E-state index in [0.717, 1.165) is 0 Å².